The molecule has 3 amide bonds. The Labute approximate surface area is 149 Å². The number of hydrogen-bond acceptors (Lipinski definition) is 4. The van der Waals surface area contributed by atoms with Crippen molar-refractivity contribution in [1.82, 2.24) is 15.5 Å². The molecule has 0 bridgehead atoms. The van der Waals surface area contributed by atoms with E-state index in [9.17, 15) is 14.4 Å². The second-order valence-electron chi connectivity index (χ2n) is 6.98. The molecule has 0 aromatic heterocycles. The lowest BCUT2D eigenvalue weighted by Crippen LogP contribution is -2.50. The molecule has 0 spiro atoms. The van der Waals surface area contributed by atoms with Crippen molar-refractivity contribution in [1.29, 1.82) is 0 Å². The average Bonchev–Trinajstić information content (AvgIpc) is 3.41. The summed E-state index contributed by atoms with van der Waals surface area (Å²) in [7, 11) is 0. The molecule has 1 saturated heterocycles. The number of rotatable bonds is 8. The van der Waals surface area contributed by atoms with Gasteiger partial charge in [-0.2, -0.15) is 0 Å². The summed E-state index contributed by atoms with van der Waals surface area (Å²) in [6.45, 7) is 6.04. The normalized spacial score (nSPS) is 19.2. The van der Waals surface area contributed by atoms with Crippen molar-refractivity contribution < 1.29 is 19.1 Å². The number of nitrogens with zero attached hydrogens (tertiary/aromatic N) is 1. The van der Waals surface area contributed by atoms with Crippen LogP contribution in [0.25, 0.3) is 0 Å². The molecule has 0 atom stereocenters. The number of carbonyl (C=O) groups is 3. The summed E-state index contributed by atoms with van der Waals surface area (Å²) in [6, 6.07) is 0.0172. The smallest absolute Gasteiger partial charge is 0.409 e. The number of likely N-dealkylation sites (tertiary alicyclic amines) is 1. The van der Waals surface area contributed by atoms with Gasteiger partial charge in [-0.25, -0.2) is 4.79 Å². The summed E-state index contributed by atoms with van der Waals surface area (Å²) >= 11 is 0. The highest BCUT2D eigenvalue weighted by Crippen LogP contribution is 2.46. The molecule has 0 aromatic carbocycles. The van der Waals surface area contributed by atoms with Crippen molar-refractivity contribution in [2.24, 2.45) is 5.41 Å². The highest BCUT2D eigenvalue weighted by Gasteiger charge is 2.56. The van der Waals surface area contributed by atoms with Gasteiger partial charge in [0.2, 0.25) is 11.8 Å². The van der Waals surface area contributed by atoms with Crippen molar-refractivity contribution in [2.45, 2.75) is 64.8 Å². The summed E-state index contributed by atoms with van der Waals surface area (Å²) in [5, 5.41) is 5.92. The number of amides is 3. The third kappa shape index (κ3) is 5.09. The van der Waals surface area contributed by atoms with Crippen LogP contribution in [0.5, 0.6) is 0 Å². The van der Waals surface area contributed by atoms with Crippen LogP contribution in [0.15, 0.2) is 0 Å². The van der Waals surface area contributed by atoms with Gasteiger partial charge in [0.15, 0.2) is 0 Å². The van der Waals surface area contributed by atoms with E-state index in [1.807, 2.05) is 0 Å². The standard InChI is InChI=1S/C18H31N3O4/c1-3-5-6-11-19-15(22)18(9-10-18)16(23)20-14-7-12-21(13-8-14)17(24)25-4-2/h14H,3-13H2,1-2H3,(H,19,22)(H,20,23). The largest absolute Gasteiger partial charge is 0.450 e. The first-order valence-electron chi connectivity index (χ1n) is 9.54. The summed E-state index contributed by atoms with van der Waals surface area (Å²) < 4.78 is 4.99. The van der Waals surface area contributed by atoms with E-state index < -0.39 is 5.41 Å². The fourth-order valence-electron chi connectivity index (χ4n) is 3.17. The molecule has 1 saturated carbocycles. The molecule has 0 aromatic rings. The Hall–Kier alpha value is -1.79. The summed E-state index contributed by atoms with van der Waals surface area (Å²) in [4.78, 5) is 38.3. The van der Waals surface area contributed by atoms with E-state index in [4.69, 9.17) is 4.74 Å². The minimum absolute atomic E-state index is 0.0172. The molecule has 7 heteroatoms. The van der Waals surface area contributed by atoms with Gasteiger partial charge < -0.3 is 20.3 Å². The molecule has 2 aliphatic rings. The van der Waals surface area contributed by atoms with E-state index in [1.165, 1.54) is 0 Å². The Morgan fingerprint density at radius 3 is 2.32 bits per heavy atom. The van der Waals surface area contributed by atoms with Gasteiger partial charge in [0, 0.05) is 25.7 Å². The topological polar surface area (TPSA) is 87.7 Å². The molecule has 1 heterocycles. The lowest BCUT2D eigenvalue weighted by atomic mass is 10.0. The van der Waals surface area contributed by atoms with E-state index in [0.717, 1.165) is 19.3 Å². The van der Waals surface area contributed by atoms with Crippen LogP contribution in [0.2, 0.25) is 0 Å². The number of unbranched alkanes of at least 4 members (excludes halogenated alkanes) is 2. The third-order valence-electron chi connectivity index (χ3n) is 5.04. The SMILES string of the molecule is CCCCCNC(=O)C1(C(=O)NC2CCN(C(=O)OCC)CC2)CC1. The Morgan fingerprint density at radius 1 is 1.08 bits per heavy atom. The Bertz CT molecular complexity index is 483. The van der Waals surface area contributed by atoms with Crippen molar-refractivity contribution in [3.05, 3.63) is 0 Å². The van der Waals surface area contributed by atoms with Gasteiger partial charge in [0.25, 0.3) is 0 Å². The molecule has 2 rings (SSSR count). The second-order valence-corrected chi connectivity index (χ2v) is 6.98. The molecular weight excluding hydrogens is 322 g/mol. The fourth-order valence-corrected chi connectivity index (χ4v) is 3.17. The lowest BCUT2D eigenvalue weighted by Gasteiger charge is -2.32. The van der Waals surface area contributed by atoms with E-state index in [-0.39, 0.29) is 23.9 Å². The Kier molecular flexibility index (Phi) is 7.08. The van der Waals surface area contributed by atoms with E-state index >= 15 is 0 Å². The number of nitrogens with one attached hydrogen (secondary N) is 2. The van der Waals surface area contributed by atoms with Crippen LogP contribution in [0.1, 0.15) is 58.8 Å². The van der Waals surface area contributed by atoms with Crippen LogP contribution in [0.4, 0.5) is 4.79 Å². The second kappa shape index (κ2) is 9.06. The molecule has 0 radical (unpaired) electrons. The molecule has 0 unspecified atom stereocenters. The van der Waals surface area contributed by atoms with Gasteiger partial charge in [-0.3, -0.25) is 9.59 Å². The average molecular weight is 353 g/mol. The minimum atomic E-state index is -0.857. The van der Waals surface area contributed by atoms with E-state index in [0.29, 0.717) is 51.9 Å². The van der Waals surface area contributed by atoms with Gasteiger partial charge in [-0.05, 0) is 39.0 Å². The molecule has 1 aliphatic carbocycles. The molecule has 25 heavy (non-hydrogen) atoms. The quantitative estimate of drug-likeness (QED) is 0.515. The zero-order valence-electron chi connectivity index (χ0n) is 15.4. The molecule has 2 N–H and O–H groups in total. The maximum Gasteiger partial charge on any atom is 0.409 e. The van der Waals surface area contributed by atoms with E-state index in [1.54, 1.807) is 11.8 Å². The van der Waals surface area contributed by atoms with Crippen molar-refractivity contribution in [3.8, 4) is 0 Å². The van der Waals surface area contributed by atoms with Crippen LogP contribution >= 0.6 is 0 Å². The van der Waals surface area contributed by atoms with Gasteiger partial charge >= 0.3 is 6.09 Å². The van der Waals surface area contributed by atoms with Crippen LogP contribution in [0, 0.1) is 5.41 Å². The maximum absolute atomic E-state index is 12.6. The summed E-state index contributed by atoms with van der Waals surface area (Å²) in [6.07, 6.45) is 5.48. The monoisotopic (exact) mass is 353 g/mol. The molecule has 2 fully saturated rings. The predicted molar refractivity (Wildman–Crippen MR) is 94.0 cm³/mol. The number of hydrogen-bond donors (Lipinski definition) is 2. The van der Waals surface area contributed by atoms with Gasteiger partial charge in [-0.1, -0.05) is 19.8 Å². The number of carbonyl (C=O) groups excluding carboxylic acids is 3. The third-order valence-corrected chi connectivity index (χ3v) is 5.04. The lowest BCUT2D eigenvalue weighted by molar-refractivity contribution is -0.137. The molecule has 1 aliphatic heterocycles. The van der Waals surface area contributed by atoms with Gasteiger partial charge in [0.1, 0.15) is 5.41 Å². The van der Waals surface area contributed by atoms with Crippen molar-refractivity contribution in [2.75, 3.05) is 26.2 Å². The molecule has 7 nitrogen and oxygen atoms in total. The predicted octanol–water partition coefficient (Wildman–Crippen LogP) is 1.81. The van der Waals surface area contributed by atoms with Crippen LogP contribution in [0.3, 0.4) is 0 Å². The highest BCUT2D eigenvalue weighted by molar-refractivity contribution is 6.07. The molecule has 142 valence electrons. The first-order valence-corrected chi connectivity index (χ1v) is 9.54. The zero-order valence-corrected chi connectivity index (χ0v) is 15.4. The maximum atomic E-state index is 12.6. The first kappa shape index (κ1) is 19.5. The van der Waals surface area contributed by atoms with Crippen LogP contribution < -0.4 is 10.6 Å². The van der Waals surface area contributed by atoms with E-state index in [2.05, 4.69) is 17.6 Å². The Balaban J connectivity index is 1.74. The van der Waals surface area contributed by atoms with Crippen LogP contribution in [-0.4, -0.2) is 55.1 Å². The van der Waals surface area contributed by atoms with Gasteiger partial charge in [-0.15, -0.1) is 0 Å². The number of piperidine rings is 1. The fraction of sp³-hybridized carbons (Fsp3) is 0.833. The minimum Gasteiger partial charge on any atom is -0.450 e. The van der Waals surface area contributed by atoms with Crippen molar-refractivity contribution >= 4 is 17.9 Å². The summed E-state index contributed by atoms with van der Waals surface area (Å²) in [5.74, 6) is -0.292. The van der Waals surface area contributed by atoms with Crippen molar-refractivity contribution in [3.63, 3.8) is 0 Å². The van der Waals surface area contributed by atoms with Crippen LogP contribution in [-0.2, 0) is 14.3 Å². The number of ether oxygens (including phenoxy) is 1. The zero-order chi connectivity index (χ0) is 18.3. The van der Waals surface area contributed by atoms with Gasteiger partial charge in [0.05, 0.1) is 6.61 Å². The molecular formula is C18H31N3O4. The first-order chi connectivity index (χ1) is 12.0. The Morgan fingerprint density at radius 2 is 1.76 bits per heavy atom. The summed E-state index contributed by atoms with van der Waals surface area (Å²) in [5.41, 5.74) is -0.857. The highest BCUT2D eigenvalue weighted by atomic mass is 16.6.